The second-order valence-corrected chi connectivity index (χ2v) is 7.07. The van der Waals surface area contributed by atoms with Crippen LogP contribution in [0.5, 0.6) is 0 Å². The monoisotopic (exact) mass is 350 g/mol. The number of rotatable bonds is 12. The van der Waals surface area contributed by atoms with Gasteiger partial charge in [-0.25, -0.2) is 0 Å². The van der Waals surface area contributed by atoms with Crippen LogP contribution >= 0.6 is 0 Å². The summed E-state index contributed by atoms with van der Waals surface area (Å²) in [5.41, 5.74) is 8.41. The fourth-order valence-corrected chi connectivity index (χ4v) is 2.99. The van der Waals surface area contributed by atoms with E-state index >= 15 is 0 Å². The van der Waals surface area contributed by atoms with E-state index in [4.69, 9.17) is 0 Å². The molecule has 0 saturated heterocycles. The van der Waals surface area contributed by atoms with Crippen LogP contribution in [0, 0.1) is 0 Å². The van der Waals surface area contributed by atoms with E-state index in [1.165, 1.54) is 68.1 Å². The predicted octanol–water partition coefficient (Wildman–Crippen LogP) is 6.28. The van der Waals surface area contributed by atoms with Crippen LogP contribution in [0.1, 0.15) is 74.6 Å². The van der Waals surface area contributed by atoms with Crippen molar-refractivity contribution < 1.29 is 0 Å². The van der Waals surface area contributed by atoms with Gasteiger partial charge in [-0.15, -0.1) is 0 Å². The van der Waals surface area contributed by atoms with Crippen molar-refractivity contribution in [2.45, 2.75) is 71.8 Å². The van der Waals surface area contributed by atoms with Crippen LogP contribution in [0.15, 0.2) is 53.6 Å². The van der Waals surface area contributed by atoms with Crippen molar-refractivity contribution in [1.82, 2.24) is 5.43 Å². The first-order chi connectivity index (χ1) is 12.8. The quantitative estimate of drug-likeness (QED) is 0.272. The second kappa shape index (κ2) is 12.3. The van der Waals surface area contributed by atoms with Crippen LogP contribution in [0.2, 0.25) is 0 Å². The summed E-state index contributed by atoms with van der Waals surface area (Å²) >= 11 is 0. The Morgan fingerprint density at radius 2 is 1.27 bits per heavy atom. The summed E-state index contributed by atoms with van der Waals surface area (Å²) in [6, 6.07) is 17.6. The molecule has 26 heavy (non-hydrogen) atoms. The maximum atomic E-state index is 4.35. The summed E-state index contributed by atoms with van der Waals surface area (Å²) in [6.07, 6.45) is 12.0. The summed E-state index contributed by atoms with van der Waals surface area (Å²) in [5.74, 6) is 0. The molecule has 0 aliphatic carbocycles. The van der Waals surface area contributed by atoms with Gasteiger partial charge in [-0.1, -0.05) is 88.1 Å². The topological polar surface area (TPSA) is 24.4 Å². The number of benzene rings is 2. The molecule has 2 aromatic rings. The van der Waals surface area contributed by atoms with Crippen molar-refractivity contribution in [3.8, 4) is 0 Å². The Morgan fingerprint density at radius 3 is 1.92 bits per heavy atom. The SMILES string of the molecule is CCCCCCc1ccc(CNN=Cc2ccc(CCCC)cc2)cc1. The van der Waals surface area contributed by atoms with E-state index in [0.29, 0.717) is 0 Å². The van der Waals surface area contributed by atoms with Crippen molar-refractivity contribution in [2.75, 3.05) is 0 Å². The fourth-order valence-electron chi connectivity index (χ4n) is 2.99. The molecular weight excluding hydrogens is 316 g/mol. The summed E-state index contributed by atoms with van der Waals surface area (Å²) in [4.78, 5) is 0. The Morgan fingerprint density at radius 1 is 0.692 bits per heavy atom. The van der Waals surface area contributed by atoms with Crippen molar-refractivity contribution in [3.63, 3.8) is 0 Å². The van der Waals surface area contributed by atoms with Crippen LogP contribution in [0.3, 0.4) is 0 Å². The minimum absolute atomic E-state index is 0.765. The first-order valence-corrected chi connectivity index (χ1v) is 10.2. The molecule has 0 unspecified atom stereocenters. The Kier molecular flexibility index (Phi) is 9.56. The molecule has 0 radical (unpaired) electrons. The Bertz CT molecular complexity index is 626. The Balaban J connectivity index is 1.70. The molecule has 0 atom stereocenters. The van der Waals surface area contributed by atoms with E-state index in [9.17, 15) is 0 Å². The van der Waals surface area contributed by atoms with E-state index in [2.05, 4.69) is 72.9 Å². The Labute approximate surface area is 159 Å². The average molecular weight is 351 g/mol. The van der Waals surface area contributed by atoms with Crippen LogP contribution in [-0.4, -0.2) is 6.21 Å². The highest BCUT2D eigenvalue weighted by Gasteiger charge is 1.96. The minimum atomic E-state index is 0.765. The zero-order valence-corrected chi connectivity index (χ0v) is 16.5. The lowest BCUT2D eigenvalue weighted by molar-refractivity contribution is 0.666. The van der Waals surface area contributed by atoms with Gasteiger partial charge in [-0.3, -0.25) is 0 Å². The normalized spacial score (nSPS) is 11.2. The number of nitrogens with zero attached hydrogens (tertiary/aromatic N) is 1. The van der Waals surface area contributed by atoms with Gasteiger partial charge >= 0.3 is 0 Å². The maximum Gasteiger partial charge on any atom is 0.0580 e. The summed E-state index contributed by atoms with van der Waals surface area (Å²) < 4.78 is 0. The highest BCUT2D eigenvalue weighted by molar-refractivity contribution is 5.79. The number of hydrazone groups is 1. The Hall–Kier alpha value is -2.09. The van der Waals surface area contributed by atoms with Gasteiger partial charge < -0.3 is 5.43 Å². The molecule has 0 spiro atoms. The first kappa shape index (κ1) is 20.2. The third-order valence-corrected chi connectivity index (χ3v) is 4.73. The summed E-state index contributed by atoms with van der Waals surface area (Å²) in [5, 5.41) is 4.35. The number of aryl methyl sites for hydroxylation is 2. The van der Waals surface area contributed by atoms with Crippen molar-refractivity contribution in [2.24, 2.45) is 5.10 Å². The number of hydrogen-bond acceptors (Lipinski definition) is 2. The van der Waals surface area contributed by atoms with Gasteiger partial charge in [-0.05, 0) is 47.9 Å². The predicted molar refractivity (Wildman–Crippen MR) is 114 cm³/mol. The van der Waals surface area contributed by atoms with Gasteiger partial charge in [0.05, 0.1) is 12.8 Å². The van der Waals surface area contributed by atoms with E-state index in [-0.39, 0.29) is 0 Å². The zero-order chi connectivity index (χ0) is 18.5. The molecule has 0 saturated carbocycles. The van der Waals surface area contributed by atoms with Crippen LogP contribution in [0.25, 0.3) is 0 Å². The summed E-state index contributed by atoms with van der Waals surface area (Å²) in [6.45, 7) is 5.25. The van der Waals surface area contributed by atoms with Gasteiger partial charge in [0.25, 0.3) is 0 Å². The zero-order valence-electron chi connectivity index (χ0n) is 16.5. The van der Waals surface area contributed by atoms with E-state index in [1.54, 1.807) is 0 Å². The standard InChI is InChI=1S/C24H34N2/c1-3-5-7-8-10-22-13-17-24(18-14-22)20-26-25-19-23-15-11-21(12-16-23)9-6-4-2/h11-19,26H,3-10,20H2,1-2H3. The molecule has 0 amide bonds. The van der Waals surface area contributed by atoms with Crippen molar-refractivity contribution in [3.05, 3.63) is 70.8 Å². The molecule has 0 aliphatic heterocycles. The molecule has 0 bridgehead atoms. The highest BCUT2D eigenvalue weighted by Crippen LogP contribution is 2.10. The van der Waals surface area contributed by atoms with Crippen LogP contribution in [-0.2, 0) is 19.4 Å². The molecular formula is C24H34N2. The lowest BCUT2D eigenvalue weighted by Crippen LogP contribution is -2.05. The van der Waals surface area contributed by atoms with E-state index in [1.807, 2.05) is 6.21 Å². The summed E-state index contributed by atoms with van der Waals surface area (Å²) in [7, 11) is 0. The number of hydrogen-bond donors (Lipinski definition) is 1. The smallest absolute Gasteiger partial charge is 0.0580 e. The lowest BCUT2D eigenvalue weighted by Gasteiger charge is -2.04. The third kappa shape index (κ3) is 7.86. The molecule has 2 heteroatoms. The highest BCUT2D eigenvalue weighted by atomic mass is 15.3. The van der Waals surface area contributed by atoms with Gasteiger partial charge in [0.15, 0.2) is 0 Å². The molecule has 0 fully saturated rings. The first-order valence-electron chi connectivity index (χ1n) is 10.2. The molecule has 1 N–H and O–H groups in total. The molecule has 140 valence electrons. The molecule has 2 aromatic carbocycles. The average Bonchev–Trinajstić information content (AvgIpc) is 2.69. The van der Waals surface area contributed by atoms with Crippen LogP contribution < -0.4 is 5.43 Å². The number of nitrogens with one attached hydrogen (secondary N) is 1. The molecule has 0 aliphatic rings. The molecule has 2 rings (SSSR count). The van der Waals surface area contributed by atoms with Crippen molar-refractivity contribution in [1.29, 1.82) is 0 Å². The van der Waals surface area contributed by atoms with Gasteiger partial charge in [0, 0.05) is 0 Å². The van der Waals surface area contributed by atoms with Gasteiger partial charge in [0.1, 0.15) is 0 Å². The molecule has 0 heterocycles. The van der Waals surface area contributed by atoms with E-state index in [0.717, 1.165) is 12.1 Å². The molecule has 0 aromatic heterocycles. The lowest BCUT2D eigenvalue weighted by atomic mass is 10.0. The second-order valence-electron chi connectivity index (χ2n) is 7.07. The van der Waals surface area contributed by atoms with Crippen LogP contribution in [0.4, 0.5) is 0 Å². The number of unbranched alkanes of at least 4 members (excludes halogenated alkanes) is 4. The van der Waals surface area contributed by atoms with Gasteiger partial charge in [0.2, 0.25) is 0 Å². The van der Waals surface area contributed by atoms with Gasteiger partial charge in [-0.2, -0.15) is 5.10 Å². The largest absolute Gasteiger partial charge is 0.306 e. The van der Waals surface area contributed by atoms with Crippen molar-refractivity contribution >= 4 is 6.21 Å². The molecule has 2 nitrogen and oxygen atoms in total. The third-order valence-electron chi connectivity index (χ3n) is 4.73. The van der Waals surface area contributed by atoms with E-state index < -0.39 is 0 Å². The fraction of sp³-hybridized carbons (Fsp3) is 0.458. The minimum Gasteiger partial charge on any atom is -0.306 e. The maximum absolute atomic E-state index is 4.35.